The van der Waals surface area contributed by atoms with Crippen LogP contribution in [0.1, 0.15) is 31.9 Å². The first-order chi connectivity index (χ1) is 7.05. The van der Waals surface area contributed by atoms with Crippen LogP contribution in [0.3, 0.4) is 0 Å². The van der Waals surface area contributed by atoms with E-state index in [2.05, 4.69) is 43.4 Å². The summed E-state index contributed by atoms with van der Waals surface area (Å²) in [4.78, 5) is 0.212. The van der Waals surface area contributed by atoms with Crippen LogP contribution in [0.2, 0.25) is 0 Å². The molecule has 1 aromatic rings. The highest BCUT2D eigenvalue weighted by Gasteiger charge is 2.24. The second kappa shape index (κ2) is 4.27. The number of aryl methyl sites for hydroxylation is 1. The lowest BCUT2D eigenvalue weighted by atomic mass is 9.84. The Morgan fingerprint density at radius 1 is 1.25 bits per heavy atom. The maximum Gasteiger partial charge on any atom is 0.239 e. The van der Waals surface area contributed by atoms with Crippen LogP contribution in [0, 0.1) is 10.5 Å². The molecule has 0 saturated carbocycles. The van der Waals surface area contributed by atoms with Crippen LogP contribution in [-0.2, 0) is 15.4 Å². The van der Waals surface area contributed by atoms with Gasteiger partial charge in [-0.2, -0.15) is 0 Å². The average Bonchev–Trinajstić information content (AvgIpc) is 1.97. The minimum absolute atomic E-state index is 0.0959. The second-order valence-corrected chi connectivity index (χ2v) is 7.47. The van der Waals surface area contributed by atoms with Crippen molar-refractivity contribution in [2.45, 2.75) is 38.0 Å². The van der Waals surface area contributed by atoms with Gasteiger partial charge in [0.05, 0.1) is 4.90 Å². The number of hydrogen-bond donors (Lipinski definition) is 1. The van der Waals surface area contributed by atoms with Crippen LogP contribution < -0.4 is 5.14 Å². The van der Waals surface area contributed by atoms with Crippen molar-refractivity contribution in [1.82, 2.24) is 0 Å². The summed E-state index contributed by atoms with van der Waals surface area (Å²) in [5.41, 5.74) is 2.03. The molecule has 0 aliphatic rings. The molecule has 0 saturated heterocycles. The first kappa shape index (κ1) is 13.9. The van der Waals surface area contributed by atoms with Crippen LogP contribution in [0.15, 0.2) is 17.0 Å². The van der Waals surface area contributed by atoms with Crippen molar-refractivity contribution in [2.24, 2.45) is 5.14 Å². The van der Waals surface area contributed by atoms with Crippen LogP contribution in [-0.4, -0.2) is 8.42 Å². The largest absolute Gasteiger partial charge is 0.239 e. The fourth-order valence-electron chi connectivity index (χ4n) is 1.79. The standard InChI is InChI=1S/C11H16INO2S/c1-7-5-6-8(16(13,14)15)10(12)9(7)11(2,3)4/h5-6H,1-4H3,(H2,13,14,15). The fraction of sp³-hybridized carbons (Fsp3) is 0.455. The van der Waals surface area contributed by atoms with Crippen molar-refractivity contribution >= 4 is 32.6 Å². The topological polar surface area (TPSA) is 60.2 Å². The monoisotopic (exact) mass is 353 g/mol. The SMILES string of the molecule is Cc1ccc(S(N)(=O)=O)c(I)c1C(C)(C)C. The van der Waals surface area contributed by atoms with E-state index in [-0.39, 0.29) is 10.3 Å². The summed E-state index contributed by atoms with van der Waals surface area (Å²) in [5, 5.41) is 5.19. The van der Waals surface area contributed by atoms with Crippen LogP contribution in [0.5, 0.6) is 0 Å². The Balaban J connectivity index is 3.65. The third-order valence-corrected chi connectivity index (χ3v) is 4.81. The van der Waals surface area contributed by atoms with Gasteiger partial charge < -0.3 is 0 Å². The lowest BCUT2D eigenvalue weighted by Crippen LogP contribution is -2.20. The van der Waals surface area contributed by atoms with Gasteiger partial charge in [-0.25, -0.2) is 13.6 Å². The molecule has 1 aromatic carbocycles. The molecular weight excluding hydrogens is 337 g/mol. The van der Waals surface area contributed by atoms with Crippen molar-refractivity contribution in [3.05, 3.63) is 26.8 Å². The molecule has 0 fully saturated rings. The van der Waals surface area contributed by atoms with E-state index in [1.807, 2.05) is 13.0 Å². The van der Waals surface area contributed by atoms with Gasteiger partial charge in [0, 0.05) is 3.57 Å². The second-order valence-electron chi connectivity index (χ2n) is 4.86. The number of rotatable bonds is 1. The molecule has 0 aliphatic carbocycles. The first-order valence-corrected chi connectivity index (χ1v) is 7.50. The Hall–Kier alpha value is -0.140. The third kappa shape index (κ3) is 2.75. The smallest absolute Gasteiger partial charge is 0.225 e. The molecule has 0 heterocycles. The van der Waals surface area contributed by atoms with E-state index in [0.717, 1.165) is 14.7 Å². The highest BCUT2D eigenvalue weighted by Crippen LogP contribution is 2.33. The highest BCUT2D eigenvalue weighted by atomic mass is 127. The molecule has 2 N–H and O–H groups in total. The Bertz CT molecular complexity index is 516. The molecule has 16 heavy (non-hydrogen) atoms. The number of halogens is 1. The molecule has 0 amide bonds. The molecule has 0 spiro atoms. The Kier molecular flexibility index (Phi) is 3.71. The summed E-state index contributed by atoms with van der Waals surface area (Å²) in [6.45, 7) is 8.16. The minimum Gasteiger partial charge on any atom is -0.225 e. The number of nitrogens with two attached hydrogens (primary N) is 1. The molecule has 0 atom stereocenters. The molecule has 90 valence electrons. The van der Waals surface area contributed by atoms with Gasteiger partial charge in [-0.3, -0.25) is 0 Å². The zero-order valence-electron chi connectivity index (χ0n) is 9.83. The molecule has 0 radical (unpaired) electrons. The van der Waals surface area contributed by atoms with Crippen LogP contribution in [0.25, 0.3) is 0 Å². The molecule has 0 aromatic heterocycles. The zero-order chi connectivity index (χ0) is 12.7. The van der Waals surface area contributed by atoms with E-state index < -0.39 is 10.0 Å². The van der Waals surface area contributed by atoms with E-state index in [1.54, 1.807) is 6.07 Å². The molecule has 0 bridgehead atoms. The van der Waals surface area contributed by atoms with Gasteiger partial charge in [-0.15, -0.1) is 0 Å². The molecule has 3 nitrogen and oxygen atoms in total. The van der Waals surface area contributed by atoms with Crippen LogP contribution in [0.4, 0.5) is 0 Å². The lowest BCUT2D eigenvalue weighted by molar-refractivity contribution is 0.576. The molecule has 5 heteroatoms. The van der Waals surface area contributed by atoms with Crippen molar-refractivity contribution in [2.75, 3.05) is 0 Å². The molecule has 0 aliphatic heterocycles. The maximum absolute atomic E-state index is 11.4. The van der Waals surface area contributed by atoms with Crippen molar-refractivity contribution in [3.63, 3.8) is 0 Å². The summed E-state index contributed by atoms with van der Waals surface area (Å²) >= 11 is 2.06. The first-order valence-electron chi connectivity index (χ1n) is 4.87. The highest BCUT2D eigenvalue weighted by molar-refractivity contribution is 14.1. The third-order valence-electron chi connectivity index (χ3n) is 2.37. The van der Waals surface area contributed by atoms with Crippen molar-refractivity contribution in [3.8, 4) is 0 Å². The summed E-state index contributed by atoms with van der Waals surface area (Å²) in [7, 11) is -3.64. The maximum atomic E-state index is 11.4. The number of hydrogen-bond acceptors (Lipinski definition) is 2. The summed E-state index contributed by atoms with van der Waals surface area (Å²) in [6, 6.07) is 3.38. The van der Waals surface area contributed by atoms with Gasteiger partial charge in [-0.1, -0.05) is 26.8 Å². The predicted octanol–water partition coefficient (Wildman–Crippen LogP) is 2.54. The summed E-state index contributed by atoms with van der Waals surface area (Å²) in [5.74, 6) is 0. The Morgan fingerprint density at radius 2 is 1.75 bits per heavy atom. The van der Waals surface area contributed by atoms with Gasteiger partial charge in [0.15, 0.2) is 0 Å². The van der Waals surface area contributed by atoms with Crippen molar-refractivity contribution in [1.29, 1.82) is 0 Å². The normalized spacial score (nSPS) is 12.9. The molecular formula is C11H16INO2S. The van der Waals surface area contributed by atoms with E-state index in [0.29, 0.717) is 0 Å². The van der Waals surface area contributed by atoms with Crippen molar-refractivity contribution < 1.29 is 8.42 Å². The Morgan fingerprint density at radius 3 is 2.12 bits per heavy atom. The number of primary sulfonamides is 1. The average molecular weight is 353 g/mol. The van der Waals surface area contributed by atoms with Crippen LogP contribution >= 0.6 is 22.6 Å². The zero-order valence-corrected chi connectivity index (χ0v) is 12.8. The predicted molar refractivity (Wildman–Crippen MR) is 74.0 cm³/mol. The van der Waals surface area contributed by atoms with Gasteiger partial charge >= 0.3 is 0 Å². The molecule has 0 unspecified atom stereocenters. The van der Waals surface area contributed by atoms with E-state index in [4.69, 9.17) is 5.14 Å². The van der Waals surface area contributed by atoms with Gasteiger partial charge in [0.2, 0.25) is 10.0 Å². The van der Waals surface area contributed by atoms with Gasteiger partial charge in [0.1, 0.15) is 0 Å². The van der Waals surface area contributed by atoms with E-state index in [1.165, 1.54) is 0 Å². The van der Waals surface area contributed by atoms with Gasteiger partial charge in [-0.05, 0) is 52.1 Å². The summed E-state index contributed by atoms with van der Waals surface area (Å²) in [6.07, 6.45) is 0. The Labute approximate surface area is 111 Å². The fourth-order valence-corrected chi connectivity index (χ4v) is 4.74. The number of benzene rings is 1. The quantitative estimate of drug-likeness (QED) is 0.789. The lowest BCUT2D eigenvalue weighted by Gasteiger charge is -2.24. The van der Waals surface area contributed by atoms with E-state index >= 15 is 0 Å². The molecule has 1 rings (SSSR count). The number of sulfonamides is 1. The minimum atomic E-state index is -3.64. The van der Waals surface area contributed by atoms with Gasteiger partial charge in [0.25, 0.3) is 0 Å². The van der Waals surface area contributed by atoms with E-state index in [9.17, 15) is 8.42 Å². The summed E-state index contributed by atoms with van der Waals surface area (Å²) < 4.78 is 23.6.